The van der Waals surface area contributed by atoms with Gasteiger partial charge in [-0.15, -0.1) is 0 Å². The molecule has 0 unspecified atom stereocenters. The summed E-state index contributed by atoms with van der Waals surface area (Å²) in [5, 5.41) is 0. The van der Waals surface area contributed by atoms with Gasteiger partial charge in [0.25, 0.3) is 0 Å². The SMILES string of the molecule is C=C(CCC)C(=O)OC=O. The van der Waals surface area contributed by atoms with Gasteiger partial charge in [-0.05, 0) is 6.42 Å². The molecule has 0 aromatic carbocycles. The van der Waals surface area contributed by atoms with Crippen LogP contribution < -0.4 is 0 Å². The lowest BCUT2D eigenvalue weighted by Gasteiger charge is -1.97. The first kappa shape index (κ1) is 8.88. The van der Waals surface area contributed by atoms with E-state index in [-0.39, 0.29) is 6.47 Å². The predicted octanol–water partition coefficient (Wildman–Crippen LogP) is 1.04. The van der Waals surface area contributed by atoms with E-state index in [1.54, 1.807) is 0 Å². The van der Waals surface area contributed by atoms with Gasteiger partial charge in [0.05, 0.1) is 0 Å². The molecule has 0 spiro atoms. The Kier molecular flexibility index (Phi) is 4.20. The van der Waals surface area contributed by atoms with Gasteiger partial charge in [0, 0.05) is 5.57 Å². The van der Waals surface area contributed by atoms with E-state index in [1.807, 2.05) is 6.92 Å². The van der Waals surface area contributed by atoms with Gasteiger partial charge < -0.3 is 4.74 Å². The maximum atomic E-state index is 10.6. The van der Waals surface area contributed by atoms with Crippen molar-refractivity contribution in [3.05, 3.63) is 12.2 Å². The Morgan fingerprint density at radius 1 is 1.70 bits per heavy atom. The highest BCUT2D eigenvalue weighted by Gasteiger charge is 2.05. The van der Waals surface area contributed by atoms with E-state index < -0.39 is 5.97 Å². The summed E-state index contributed by atoms with van der Waals surface area (Å²) in [5.74, 6) is -0.628. The van der Waals surface area contributed by atoms with Crippen LogP contribution in [-0.4, -0.2) is 12.4 Å². The molecule has 0 aromatic rings. The van der Waals surface area contributed by atoms with Crippen molar-refractivity contribution in [2.24, 2.45) is 0 Å². The van der Waals surface area contributed by atoms with Crippen LogP contribution in [0.3, 0.4) is 0 Å². The van der Waals surface area contributed by atoms with Crippen LogP contribution in [0.5, 0.6) is 0 Å². The normalized spacial score (nSPS) is 8.50. The monoisotopic (exact) mass is 142 g/mol. The highest BCUT2D eigenvalue weighted by atomic mass is 16.6. The maximum absolute atomic E-state index is 10.6. The topological polar surface area (TPSA) is 43.4 Å². The molecule has 0 heterocycles. The molecule has 56 valence electrons. The average Bonchev–Trinajstić information content (AvgIpc) is 1.89. The van der Waals surface area contributed by atoms with E-state index in [1.165, 1.54) is 0 Å². The van der Waals surface area contributed by atoms with E-state index in [9.17, 15) is 9.59 Å². The Labute approximate surface area is 59.7 Å². The summed E-state index contributed by atoms with van der Waals surface area (Å²) in [4.78, 5) is 20.2. The number of carbonyl (C=O) groups is 2. The highest BCUT2D eigenvalue weighted by molar-refractivity contribution is 5.91. The largest absolute Gasteiger partial charge is 0.392 e. The van der Waals surface area contributed by atoms with Crippen molar-refractivity contribution in [1.29, 1.82) is 0 Å². The molecule has 0 bridgehead atoms. The lowest BCUT2D eigenvalue weighted by molar-refractivity contribution is -0.148. The Hall–Kier alpha value is -1.12. The smallest absolute Gasteiger partial charge is 0.340 e. The third kappa shape index (κ3) is 3.02. The number of hydrogen-bond donors (Lipinski definition) is 0. The van der Waals surface area contributed by atoms with Gasteiger partial charge in [-0.1, -0.05) is 19.9 Å². The molecule has 0 aliphatic carbocycles. The molecule has 0 fully saturated rings. The second-order valence-corrected chi connectivity index (χ2v) is 1.86. The highest BCUT2D eigenvalue weighted by Crippen LogP contribution is 2.02. The van der Waals surface area contributed by atoms with Gasteiger partial charge in [-0.2, -0.15) is 0 Å². The van der Waals surface area contributed by atoms with Gasteiger partial charge in [-0.25, -0.2) is 4.79 Å². The summed E-state index contributed by atoms with van der Waals surface area (Å²) in [5.41, 5.74) is 0.342. The van der Waals surface area contributed by atoms with E-state index in [0.717, 1.165) is 6.42 Å². The van der Waals surface area contributed by atoms with Crippen LogP contribution in [0.15, 0.2) is 12.2 Å². The van der Waals surface area contributed by atoms with E-state index in [4.69, 9.17) is 0 Å². The van der Waals surface area contributed by atoms with Crippen LogP contribution in [-0.2, 0) is 14.3 Å². The molecule has 0 aliphatic rings. The van der Waals surface area contributed by atoms with Crippen molar-refractivity contribution >= 4 is 12.4 Å². The summed E-state index contributed by atoms with van der Waals surface area (Å²) in [6.07, 6.45) is 1.40. The van der Waals surface area contributed by atoms with Crippen LogP contribution in [0.2, 0.25) is 0 Å². The van der Waals surface area contributed by atoms with E-state index in [0.29, 0.717) is 12.0 Å². The number of carbonyl (C=O) groups excluding carboxylic acids is 2. The third-order valence-electron chi connectivity index (χ3n) is 0.996. The van der Waals surface area contributed by atoms with Gasteiger partial charge in [0.15, 0.2) is 0 Å². The molecule has 0 atom stereocenters. The average molecular weight is 142 g/mol. The number of ether oxygens (including phenoxy) is 1. The Morgan fingerprint density at radius 2 is 2.30 bits per heavy atom. The third-order valence-corrected chi connectivity index (χ3v) is 0.996. The fourth-order valence-corrected chi connectivity index (χ4v) is 0.531. The van der Waals surface area contributed by atoms with Crippen LogP contribution in [0, 0.1) is 0 Å². The van der Waals surface area contributed by atoms with Gasteiger partial charge in [0.1, 0.15) is 0 Å². The molecule has 0 amide bonds. The molecule has 0 aromatic heterocycles. The second-order valence-electron chi connectivity index (χ2n) is 1.86. The van der Waals surface area contributed by atoms with Crippen molar-refractivity contribution < 1.29 is 14.3 Å². The van der Waals surface area contributed by atoms with Crippen LogP contribution >= 0.6 is 0 Å². The van der Waals surface area contributed by atoms with Crippen LogP contribution in [0.25, 0.3) is 0 Å². The summed E-state index contributed by atoms with van der Waals surface area (Å²) in [7, 11) is 0. The van der Waals surface area contributed by atoms with Crippen molar-refractivity contribution in [2.45, 2.75) is 19.8 Å². The minimum Gasteiger partial charge on any atom is -0.392 e. The number of hydrogen-bond acceptors (Lipinski definition) is 3. The zero-order chi connectivity index (χ0) is 7.98. The van der Waals surface area contributed by atoms with Crippen molar-refractivity contribution in [2.75, 3.05) is 0 Å². The zero-order valence-electron chi connectivity index (χ0n) is 5.92. The minimum atomic E-state index is -0.628. The molecule has 0 radical (unpaired) electrons. The molecule has 0 saturated carbocycles. The lowest BCUT2D eigenvalue weighted by atomic mass is 10.2. The van der Waals surface area contributed by atoms with E-state index >= 15 is 0 Å². The molecular weight excluding hydrogens is 132 g/mol. The zero-order valence-corrected chi connectivity index (χ0v) is 5.92. The fraction of sp³-hybridized carbons (Fsp3) is 0.429. The number of esters is 1. The minimum absolute atomic E-state index is 0.114. The van der Waals surface area contributed by atoms with Crippen LogP contribution in [0.4, 0.5) is 0 Å². The summed E-state index contributed by atoms with van der Waals surface area (Å²) >= 11 is 0. The summed E-state index contributed by atoms with van der Waals surface area (Å²) in [6, 6.07) is 0. The lowest BCUT2D eigenvalue weighted by Crippen LogP contribution is -2.04. The van der Waals surface area contributed by atoms with Crippen molar-refractivity contribution in [1.82, 2.24) is 0 Å². The van der Waals surface area contributed by atoms with Gasteiger partial charge in [-0.3, -0.25) is 4.79 Å². The first-order valence-electron chi connectivity index (χ1n) is 3.04. The quantitative estimate of drug-likeness (QED) is 0.255. The van der Waals surface area contributed by atoms with Crippen molar-refractivity contribution in [3.63, 3.8) is 0 Å². The fourth-order valence-electron chi connectivity index (χ4n) is 0.531. The predicted molar refractivity (Wildman–Crippen MR) is 36.2 cm³/mol. The standard InChI is InChI=1S/C7H10O3/c1-3-4-6(2)7(9)10-5-8/h5H,2-4H2,1H3. The van der Waals surface area contributed by atoms with Gasteiger partial charge in [0.2, 0.25) is 0 Å². The first-order valence-corrected chi connectivity index (χ1v) is 3.04. The summed E-state index contributed by atoms with van der Waals surface area (Å²) < 4.78 is 4.04. The van der Waals surface area contributed by atoms with Crippen LogP contribution in [0.1, 0.15) is 19.8 Å². The maximum Gasteiger partial charge on any atom is 0.340 e. The molecule has 0 saturated heterocycles. The Bertz CT molecular complexity index is 149. The second kappa shape index (κ2) is 4.73. The van der Waals surface area contributed by atoms with Crippen molar-refractivity contribution in [3.8, 4) is 0 Å². The van der Waals surface area contributed by atoms with E-state index in [2.05, 4.69) is 11.3 Å². The Balaban J connectivity index is 3.70. The molecule has 0 N–H and O–H groups in total. The molecule has 3 heteroatoms. The summed E-state index contributed by atoms with van der Waals surface area (Å²) in [6.45, 7) is 5.46. The molecule has 0 rings (SSSR count). The Morgan fingerprint density at radius 3 is 2.70 bits per heavy atom. The van der Waals surface area contributed by atoms with Gasteiger partial charge >= 0.3 is 12.4 Å². The molecule has 0 aliphatic heterocycles. The first-order chi connectivity index (χ1) is 4.72. The molecule has 3 nitrogen and oxygen atoms in total. The number of rotatable bonds is 4. The molecule has 10 heavy (non-hydrogen) atoms. The molecular formula is C7H10O3.